The van der Waals surface area contributed by atoms with Crippen LogP contribution in [0.15, 0.2) is 78.6 Å². The minimum atomic E-state index is -0.817. The molecule has 1 aliphatic rings. The van der Waals surface area contributed by atoms with Crippen molar-refractivity contribution in [3.05, 3.63) is 101 Å². The molecule has 7 heteroatoms. The third-order valence-corrected chi connectivity index (χ3v) is 5.97. The lowest BCUT2D eigenvalue weighted by atomic mass is 9.95. The second-order valence-corrected chi connectivity index (χ2v) is 8.41. The molecule has 0 radical (unpaired) electrons. The van der Waals surface area contributed by atoms with Crippen LogP contribution in [0.3, 0.4) is 0 Å². The fraction of sp³-hybridized carbons (Fsp3) is 0.250. The van der Waals surface area contributed by atoms with Crippen molar-refractivity contribution in [1.82, 2.24) is 9.88 Å². The number of likely N-dealkylation sites (tertiary alicyclic amines) is 1. The molecule has 0 spiro atoms. The van der Waals surface area contributed by atoms with E-state index in [1.54, 1.807) is 48.8 Å². The molecular weight excluding hydrogens is 447 g/mol. The van der Waals surface area contributed by atoms with Crippen LogP contribution in [0.4, 0.5) is 4.39 Å². The van der Waals surface area contributed by atoms with Crippen molar-refractivity contribution in [2.75, 3.05) is 6.61 Å². The zero-order chi connectivity index (χ0) is 24.8. The Bertz CT molecular complexity index is 1210. The molecule has 2 aromatic carbocycles. The highest BCUT2D eigenvalue weighted by atomic mass is 19.1. The van der Waals surface area contributed by atoms with Gasteiger partial charge in [0.1, 0.15) is 17.3 Å². The molecule has 1 fully saturated rings. The van der Waals surface area contributed by atoms with E-state index in [-0.39, 0.29) is 23.4 Å². The minimum Gasteiger partial charge on any atom is -0.507 e. The van der Waals surface area contributed by atoms with E-state index >= 15 is 0 Å². The van der Waals surface area contributed by atoms with Gasteiger partial charge in [0.25, 0.3) is 11.7 Å². The number of pyridine rings is 1. The van der Waals surface area contributed by atoms with E-state index in [9.17, 15) is 19.1 Å². The Hall–Kier alpha value is -4.00. The standard InChI is InChI=1S/C28H27FN2O4/c1-2-3-4-17-35-23-11-7-20(8-12-23)25-24(26(32)21-5-9-22(29)10-6-21)27(33)28(34)31(25)18-19-13-15-30-16-14-19/h5-16,25,32H,2-4,17-18H2,1H3/b26-24-. The SMILES string of the molecule is CCCCCOc1ccc(C2/C(=C(/O)c3ccc(F)cc3)C(=O)C(=O)N2Cc2ccncc2)cc1. The first kappa shape index (κ1) is 24.1. The molecule has 1 atom stereocenters. The fourth-order valence-electron chi connectivity index (χ4n) is 4.13. The molecule has 180 valence electrons. The van der Waals surface area contributed by atoms with Crippen molar-refractivity contribution >= 4 is 17.4 Å². The summed E-state index contributed by atoms with van der Waals surface area (Å²) in [6, 6.07) is 15.1. The van der Waals surface area contributed by atoms with Crippen LogP contribution in [0, 0.1) is 5.82 Å². The lowest BCUT2D eigenvalue weighted by Crippen LogP contribution is -2.29. The van der Waals surface area contributed by atoms with Crippen LogP contribution in [-0.4, -0.2) is 33.3 Å². The molecule has 1 aliphatic heterocycles. The summed E-state index contributed by atoms with van der Waals surface area (Å²) in [6.45, 7) is 2.90. The Kier molecular flexibility index (Phi) is 7.55. The molecule has 4 rings (SSSR count). The van der Waals surface area contributed by atoms with Gasteiger partial charge in [-0.05, 0) is 66.1 Å². The van der Waals surface area contributed by atoms with Crippen LogP contribution in [0.1, 0.15) is 48.9 Å². The Morgan fingerprint density at radius 1 is 1.00 bits per heavy atom. The molecule has 3 aromatic rings. The number of nitrogens with zero attached hydrogens (tertiary/aromatic N) is 2. The molecule has 1 saturated heterocycles. The number of hydrogen-bond donors (Lipinski definition) is 1. The van der Waals surface area contributed by atoms with Gasteiger partial charge in [-0.1, -0.05) is 31.9 Å². The quantitative estimate of drug-likeness (QED) is 0.194. The van der Waals surface area contributed by atoms with Crippen molar-refractivity contribution in [2.45, 2.75) is 38.8 Å². The van der Waals surface area contributed by atoms with Crippen molar-refractivity contribution in [1.29, 1.82) is 0 Å². The van der Waals surface area contributed by atoms with Gasteiger partial charge in [0, 0.05) is 24.5 Å². The van der Waals surface area contributed by atoms with Crippen LogP contribution in [0.25, 0.3) is 5.76 Å². The second kappa shape index (κ2) is 11.0. The van der Waals surface area contributed by atoms with Crippen molar-refractivity contribution < 1.29 is 23.8 Å². The first-order chi connectivity index (χ1) is 17.0. The summed E-state index contributed by atoms with van der Waals surface area (Å²) in [7, 11) is 0. The van der Waals surface area contributed by atoms with Gasteiger partial charge in [0.05, 0.1) is 18.2 Å². The van der Waals surface area contributed by atoms with Crippen LogP contribution in [0.5, 0.6) is 5.75 Å². The first-order valence-corrected chi connectivity index (χ1v) is 11.7. The molecule has 35 heavy (non-hydrogen) atoms. The molecule has 1 unspecified atom stereocenters. The number of carbonyl (C=O) groups is 2. The fourth-order valence-corrected chi connectivity index (χ4v) is 4.13. The lowest BCUT2D eigenvalue weighted by molar-refractivity contribution is -0.140. The maximum absolute atomic E-state index is 13.4. The molecular formula is C28H27FN2O4. The molecule has 1 N–H and O–H groups in total. The van der Waals surface area contributed by atoms with Gasteiger partial charge in [0.15, 0.2) is 0 Å². The summed E-state index contributed by atoms with van der Waals surface area (Å²) in [5.74, 6) is -1.62. The molecule has 0 saturated carbocycles. The van der Waals surface area contributed by atoms with Gasteiger partial charge in [0.2, 0.25) is 0 Å². The number of benzene rings is 2. The van der Waals surface area contributed by atoms with Crippen LogP contribution in [-0.2, 0) is 16.1 Å². The minimum absolute atomic E-state index is 0.0349. The molecule has 0 aliphatic carbocycles. The third kappa shape index (κ3) is 5.40. The topological polar surface area (TPSA) is 79.7 Å². The average molecular weight is 475 g/mol. The molecule has 2 heterocycles. The number of halogens is 1. The van der Waals surface area contributed by atoms with E-state index in [1.165, 1.54) is 29.2 Å². The number of aromatic nitrogens is 1. The first-order valence-electron chi connectivity index (χ1n) is 11.7. The maximum Gasteiger partial charge on any atom is 0.295 e. The van der Waals surface area contributed by atoms with Crippen LogP contribution < -0.4 is 4.74 Å². The second-order valence-electron chi connectivity index (χ2n) is 8.41. The Morgan fingerprint density at radius 3 is 2.34 bits per heavy atom. The number of Topliss-reactive ketones (excluding diaryl/α,β-unsaturated/α-hetero) is 1. The summed E-state index contributed by atoms with van der Waals surface area (Å²) in [5.41, 5.74) is 1.67. The largest absolute Gasteiger partial charge is 0.507 e. The van der Waals surface area contributed by atoms with Gasteiger partial charge in [-0.15, -0.1) is 0 Å². The smallest absolute Gasteiger partial charge is 0.295 e. The Morgan fingerprint density at radius 2 is 1.69 bits per heavy atom. The van der Waals surface area contributed by atoms with Gasteiger partial charge >= 0.3 is 0 Å². The van der Waals surface area contributed by atoms with E-state index < -0.39 is 23.5 Å². The highest BCUT2D eigenvalue weighted by Gasteiger charge is 2.46. The molecule has 1 aromatic heterocycles. The zero-order valence-corrected chi connectivity index (χ0v) is 19.5. The summed E-state index contributed by atoms with van der Waals surface area (Å²) >= 11 is 0. The predicted octanol–water partition coefficient (Wildman–Crippen LogP) is 5.41. The average Bonchev–Trinajstić information content (AvgIpc) is 3.12. The predicted molar refractivity (Wildman–Crippen MR) is 130 cm³/mol. The number of rotatable bonds is 9. The number of carbonyl (C=O) groups excluding carboxylic acids is 2. The summed E-state index contributed by atoms with van der Waals surface area (Å²) in [5, 5.41) is 11.1. The van der Waals surface area contributed by atoms with E-state index in [0.717, 1.165) is 24.8 Å². The van der Waals surface area contributed by atoms with Crippen molar-refractivity contribution in [2.24, 2.45) is 0 Å². The highest BCUT2D eigenvalue weighted by Crippen LogP contribution is 2.40. The Labute approximate surface area is 203 Å². The van der Waals surface area contributed by atoms with Gasteiger partial charge in [-0.25, -0.2) is 4.39 Å². The van der Waals surface area contributed by atoms with E-state index in [1.807, 2.05) is 0 Å². The van der Waals surface area contributed by atoms with Crippen LogP contribution in [0.2, 0.25) is 0 Å². The number of ketones is 1. The summed E-state index contributed by atoms with van der Waals surface area (Å²) < 4.78 is 19.2. The summed E-state index contributed by atoms with van der Waals surface area (Å²) in [4.78, 5) is 31.7. The third-order valence-electron chi connectivity index (χ3n) is 5.97. The molecule has 1 amide bonds. The molecule has 6 nitrogen and oxygen atoms in total. The number of hydrogen-bond acceptors (Lipinski definition) is 5. The van der Waals surface area contributed by atoms with Gasteiger partial charge < -0.3 is 14.7 Å². The maximum atomic E-state index is 13.4. The number of aliphatic hydroxyl groups excluding tert-OH is 1. The van der Waals surface area contributed by atoms with Gasteiger partial charge in [-0.2, -0.15) is 0 Å². The van der Waals surface area contributed by atoms with Crippen molar-refractivity contribution in [3.63, 3.8) is 0 Å². The van der Waals surface area contributed by atoms with Crippen LogP contribution >= 0.6 is 0 Å². The molecule has 0 bridgehead atoms. The zero-order valence-electron chi connectivity index (χ0n) is 19.5. The normalized spacial score (nSPS) is 17.1. The summed E-state index contributed by atoms with van der Waals surface area (Å²) in [6.07, 6.45) is 6.38. The monoisotopic (exact) mass is 474 g/mol. The number of ether oxygens (including phenoxy) is 1. The van der Waals surface area contributed by atoms with Gasteiger partial charge in [-0.3, -0.25) is 14.6 Å². The number of amides is 1. The highest BCUT2D eigenvalue weighted by molar-refractivity contribution is 6.46. The van der Waals surface area contributed by atoms with E-state index in [2.05, 4.69) is 11.9 Å². The Balaban J connectivity index is 1.72. The van der Waals surface area contributed by atoms with Crippen molar-refractivity contribution in [3.8, 4) is 5.75 Å². The number of aliphatic hydroxyl groups is 1. The van der Waals surface area contributed by atoms with E-state index in [4.69, 9.17) is 4.74 Å². The number of unbranched alkanes of at least 4 members (excludes halogenated alkanes) is 2. The van der Waals surface area contributed by atoms with E-state index in [0.29, 0.717) is 17.9 Å². The lowest BCUT2D eigenvalue weighted by Gasteiger charge is -2.25.